The van der Waals surface area contributed by atoms with Crippen LogP contribution in [0.5, 0.6) is 5.75 Å². The molecule has 0 aromatic heterocycles. The Kier molecular flexibility index (Phi) is 11.3. The van der Waals surface area contributed by atoms with Crippen molar-refractivity contribution in [1.82, 2.24) is 0 Å². The van der Waals surface area contributed by atoms with Gasteiger partial charge in [-0.2, -0.15) is 0 Å². The molecule has 0 saturated carbocycles. The van der Waals surface area contributed by atoms with Gasteiger partial charge in [0.25, 0.3) is 0 Å². The first-order chi connectivity index (χ1) is 12.0. The largest absolute Gasteiger partial charge is 0.508 e. The van der Waals surface area contributed by atoms with E-state index in [0.29, 0.717) is 17.1 Å². The van der Waals surface area contributed by atoms with E-state index in [0.717, 1.165) is 0 Å². The quantitative estimate of drug-likeness (QED) is 0.223. The maximum Gasteiger partial charge on any atom is 0.474 e. The molecule has 0 bridgehead atoms. The maximum atomic E-state index is 12.0. The molecule has 25 heavy (non-hydrogen) atoms. The Hall–Kier alpha value is -0.700. The van der Waals surface area contributed by atoms with Crippen molar-refractivity contribution in [2.45, 2.75) is 13.8 Å². The van der Waals surface area contributed by atoms with Crippen LogP contribution in [0.1, 0.15) is 24.2 Å². The summed E-state index contributed by atoms with van der Waals surface area (Å²) in [5, 5.41) is 9.16. The van der Waals surface area contributed by atoms with Gasteiger partial charge < -0.3 is 9.84 Å². The van der Waals surface area contributed by atoms with Crippen molar-refractivity contribution in [2.24, 2.45) is 0 Å². The Morgan fingerprint density at radius 3 is 2.12 bits per heavy atom. The van der Waals surface area contributed by atoms with E-state index in [1.165, 1.54) is 45.9 Å². The normalized spacial score (nSPS) is 11.4. The summed E-state index contributed by atoms with van der Waals surface area (Å²) in [4.78, 5) is 11.7. The zero-order valence-electron chi connectivity index (χ0n) is 14.2. The number of carbonyl (C=O) groups is 1. The number of hydrogen-bond donors (Lipinski definition) is 1. The highest BCUT2D eigenvalue weighted by Crippen LogP contribution is 2.49. The number of phenolic OH excluding ortho intramolecular Hbond substituents is 1. The van der Waals surface area contributed by atoms with Gasteiger partial charge in [-0.25, -0.2) is 9.36 Å². The van der Waals surface area contributed by atoms with Crippen LogP contribution in [0.4, 0.5) is 0 Å². The second kappa shape index (κ2) is 12.6. The van der Waals surface area contributed by atoms with Crippen molar-refractivity contribution >= 4 is 35.4 Å². The molecule has 0 aliphatic heterocycles. The lowest BCUT2D eigenvalue weighted by atomic mass is 10.2. The molecule has 1 aromatic carbocycles. The third-order valence-electron chi connectivity index (χ3n) is 2.58. The fourth-order valence-electron chi connectivity index (χ4n) is 1.58. The maximum absolute atomic E-state index is 12.0. The van der Waals surface area contributed by atoms with E-state index in [2.05, 4.69) is 0 Å². The Morgan fingerprint density at radius 1 is 1.00 bits per heavy atom. The number of rotatable bonds is 13. The Bertz CT molecular complexity index is 543. The Balaban J connectivity index is 2.09. The predicted octanol–water partition coefficient (Wildman–Crippen LogP) is 4.13. The van der Waals surface area contributed by atoms with Crippen LogP contribution in [0.15, 0.2) is 24.3 Å². The summed E-state index contributed by atoms with van der Waals surface area (Å²) in [6.07, 6.45) is 0. The van der Waals surface area contributed by atoms with Crippen LogP contribution in [0.25, 0.3) is 0 Å². The van der Waals surface area contributed by atoms with Crippen molar-refractivity contribution in [3.8, 4) is 5.75 Å². The van der Waals surface area contributed by atoms with E-state index in [-0.39, 0.29) is 32.2 Å². The first kappa shape index (κ1) is 22.3. The first-order valence-corrected chi connectivity index (χ1v) is 11.7. The van der Waals surface area contributed by atoms with Gasteiger partial charge in [0, 0.05) is 11.5 Å². The first-order valence-electron chi connectivity index (χ1n) is 7.75. The molecule has 0 unspecified atom stereocenters. The lowest BCUT2D eigenvalue weighted by Crippen LogP contribution is -2.07. The molecule has 0 fully saturated rings. The molecule has 7 nitrogen and oxygen atoms in total. The van der Waals surface area contributed by atoms with E-state index >= 15 is 0 Å². The van der Waals surface area contributed by atoms with Crippen molar-refractivity contribution in [2.75, 3.05) is 37.9 Å². The number of phosphoric acid groups is 1. The molecule has 0 saturated heterocycles. The molecule has 1 aromatic rings. The number of esters is 1. The van der Waals surface area contributed by atoms with Crippen LogP contribution in [0.2, 0.25) is 0 Å². The average Bonchev–Trinajstić information content (AvgIpc) is 2.58. The third-order valence-corrected chi connectivity index (χ3v) is 6.56. The van der Waals surface area contributed by atoms with Gasteiger partial charge in [0.15, 0.2) is 0 Å². The van der Waals surface area contributed by atoms with Gasteiger partial charge in [-0.3, -0.25) is 13.6 Å². The smallest absolute Gasteiger partial charge is 0.474 e. The number of carbonyl (C=O) groups excluding carboxylic acids is 1. The highest BCUT2D eigenvalue weighted by atomic mass is 33.1. The lowest BCUT2D eigenvalue weighted by molar-refractivity contribution is 0.0530. The number of phosphoric ester groups is 1. The Labute approximate surface area is 155 Å². The summed E-state index contributed by atoms with van der Waals surface area (Å²) in [6.45, 7) is 4.46. The minimum atomic E-state index is -3.44. The van der Waals surface area contributed by atoms with Gasteiger partial charge in [-0.05, 0) is 38.1 Å². The topological polar surface area (TPSA) is 91.3 Å². The predicted molar refractivity (Wildman–Crippen MR) is 100 cm³/mol. The van der Waals surface area contributed by atoms with Crippen LogP contribution < -0.4 is 0 Å². The van der Waals surface area contributed by atoms with E-state index in [1.807, 2.05) is 0 Å². The van der Waals surface area contributed by atoms with E-state index in [9.17, 15) is 9.36 Å². The van der Waals surface area contributed by atoms with Crippen molar-refractivity contribution in [3.05, 3.63) is 29.8 Å². The molecule has 0 aliphatic carbocycles. The molecule has 0 heterocycles. The minimum absolute atomic E-state index is 0.101. The minimum Gasteiger partial charge on any atom is -0.508 e. The van der Waals surface area contributed by atoms with Gasteiger partial charge in [0.05, 0.1) is 25.4 Å². The summed E-state index contributed by atoms with van der Waals surface area (Å²) in [5.41, 5.74) is 0.395. The van der Waals surface area contributed by atoms with Crippen LogP contribution in [0.3, 0.4) is 0 Å². The van der Waals surface area contributed by atoms with Crippen LogP contribution in [0, 0.1) is 0 Å². The molecule has 0 spiro atoms. The molecule has 0 aliphatic rings. The van der Waals surface area contributed by atoms with Crippen molar-refractivity contribution in [1.29, 1.82) is 0 Å². The van der Waals surface area contributed by atoms with Crippen LogP contribution in [-0.4, -0.2) is 49.0 Å². The fourth-order valence-corrected chi connectivity index (χ4v) is 4.53. The van der Waals surface area contributed by atoms with Gasteiger partial charge in [0.2, 0.25) is 0 Å². The summed E-state index contributed by atoms with van der Waals surface area (Å²) in [7, 11) is -0.408. The van der Waals surface area contributed by atoms with Crippen LogP contribution in [-0.2, 0) is 22.9 Å². The number of benzene rings is 1. The highest BCUT2D eigenvalue weighted by molar-refractivity contribution is 8.76. The lowest BCUT2D eigenvalue weighted by Gasteiger charge is -2.15. The molecular formula is C15H23O7PS2. The third kappa shape index (κ3) is 9.53. The summed E-state index contributed by atoms with van der Waals surface area (Å²) in [5.74, 6) is 0.885. The summed E-state index contributed by atoms with van der Waals surface area (Å²) < 4.78 is 32.4. The monoisotopic (exact) mass is 410 g/mol. The number of ether oxygens (including phenoxy) is 1. The SMILES string of the molecule is CCOP(=O)(OCC)OCCSSCCOC(=O)c1ccc(O)cc1. The molecule has 0 radical (unpaired) electrons. The second-order valence-electron chi connectivity index (χ2n) is 4.44. The van der Waals surface area contributed by atoms with Gasteiger partial charge in [-0.15, -0.1) is 0 Å². The molecule has 0 amide bonds. The van der Waals surface area contributed by atoms with Gasteiger partial charge in [0.1, 0.15) is 12.4 Å². The van der Waals surface area contributed by atoms with E-state index in [1.54, 1.807) is 13.8 Å². The van der Waals surface area contributed by atoms with Crippen molar-refractivity contribution in [3.63, 3.8) is 0 Å². The number of phenols is 1. The standard InChI is InChI=1S/C15H23O7PS2/c1-3-20-23(18,21-4-2)22-10-12-25-24-11-9-19-15(17)13-5-7-14(16)8-6-13/h5-8,16H,3-4,9-12H2,1-2H3. The highest BCUT2D eigenvalue weighted by Gasteiger charge is 2.24. The Morgan fingerprint density at radius 2 is 1.56 bits per heavy atom. The zero-order chi connectivity index (χ0) is 18.5. The molecule has 142 valence electrons. The molecular weight excluding hydrogens is 387 g/mol. The van der Waals surface area contributed by atoms with E-state index in [4.69, 9.17) is 23.4 Å². The molecule has 1 N–H and O–H groups in total. The number of aromatic hydroxyl groups is 1. The van der Waals surface area contributed by atoms with Crippen LogP contribution >= 0.6 is 29.4 Å². The fraction of sp³-hybridized carbons (Fsp3) is 0.533. The van der Waals surface area contributed by atoms with Crippen molar-refractivity contribution < 1.29 is 32.8 Å². The number of hydrogen-bond acceptors (Lipinski definition) is 9. The molecule has 10 heteroatoms. The van der Waals surface area contributed by atoms with E-state index < -0.39 is 13.8 Å². The average molecular weight is 410 g/mol. The summed E-state index contributed by atoms with van der Waals surface area (Å²) >= 11 is 0. The van der Waals surface area contributed by atoms with Gasteiger partial charge in [-0.1, -0.05) is 21.6 Å². The van der Waals surface area contributed by atoms with Gasteiger partial charge >= 0.3 is 13.8 Å². The zero-order valence-corrected chi connectivity index (χ0v) is 16.7. The summed E-state index contributed by atoms with van der Waals surface area (Å²) in [6, 6.07) is 5.88. The molecule has 0 atom stereocenters. The molecule has 1 rings (SSSR count). The second-order valence-corrected chi connectivity index (χ2v) is 8.81.